The molecule has 5 atom stereocenters. The normalized spacial score (nSPS) is 26.2. The predicted octanol–water partition coefficient (Wildman–Crippen LogP) is -0.158. The maximum Gasteiger partial charge on any atom is 0.305 e. The lowest BCUT2D eigenvalue weighted by molar-refractivity contribution is -0.271. The standard InChI is InChI=1S/C18H27NO10/c1-8(2)17(24)19-14-16(27-11(5)22)15(26-10(4)21)13(7-25-9(3)20)29-18(14)28-12(6)23/h8,13-16,18H,7H2,1-6H3,(H,19,24)/t13-,14-,15+,16+,18-/m0/s1. The largest absolute Gasteiger partial charge is 0.463 e. The number of hydrogen-bond donors (Lipinski definition) is 1. The summed E-state index contributed by atoms with van der Waals surface area (Å²) in [5, 5.41) is 2.60. The number of carbonyl (C=O) groups is 5. The minimum Gasteiger partial charge on any atom is -0.463 e. The quantitative estimate of drug-likeness (QED) is 0.438. The van der Waals surface area contributed by atoms with E-state index >= 15 is 0 Å². The monoisotopic (exact) mass is 417 g/mol. The van der Waals surface area contributed by atoms with E-state index < -0.39 is 66.3 Å². The Kier molecular flexibility index (Phi) is 9.02. The van der Waals surface area contributed by atoms with Crippen molar-refractivity contribution in [3.05, 3.63) is 0 Å². The number of amides is 1. The minimum atomic E-state index is -1.38. The van der Waals surface area contributed by atoms with Crippen molar-refractivity contribution in [2.75, 3.05) is 6.61 Å². The molecule has 1 rings (SSSR count). The Hall–Kier alpha value is -2.69. The van der Waals surface area contributed by atoms with Gasteiger partial charge < -0.3 is 29.0 Å². The van der Waals surface area contributed by atoms with E-state index in [0.717, 1.165) is 20.8 Å². The highest BCUT2D eigenvalue weighted by atomic mass is 16.7. The topological polar surface area (TPSA) is 144 Å². The molecule has 0 spiro atoms. The van der Waals surface area contributed by atoms with Crippen LogP contribution in [0.15, 0.2) is 0 Å². The average molecular weight is 417 g/mol. The first-order valence-corrected chi connectivity index (χ1v) is 9.03. The summed E-state index contributed by atoms with van der Waals surface area (Å²) in [6, 6.07) is -1.17. The van der Waals surface area contributed by atoms with Crippen LogP contribution in [0.4, 0.5) is 0 Å². The lowest BCUT2D eigenvalue weighted by atomic mass is 9.95. The van der Waals surface area contributed by atoms with Gasteiger partial charge in [0.15, 0.2) is 12.2 Å². The molecule has 0 radical (unpaired) electrons. The molecule has 0 aromatic heterocycles. The second kappa shape index (κ2) is 10.7. The van der Waals surface area contributed by atoms with Gasteiger partial charge in [-0.15, -0.1) is 0 Å². The summed E-state index contributed by atoms with van der Waals surface area (Å²) < 4.78 is 26.3. The molecule has 0 bridgehead atoms. The average Bonchev–Trinajstić information content (AvgIpc) is 2.56. The summed E-state index contributed by atoms with van der Waals surface area (Å²) in [6.45, 7) is 7.46. The van der Waals surface area contributed by atoms with Crippen molar-refractivity contribution in [2.45, 2.75) is 72.2 Å². The van der Waals surface area contributed by atoms with Crippen LogP contribution < -0.4 is 5.32 Å². The van der Waals surface area contributed by atoms with Crippen LogP contribution in [0.2, 0.25) is 0 Å². The van der Waals surface area contributed by atoms with E-state index in [1.165, 1.54) is 6.92 Å². The molecule has 11 nitrogen and oxygen atoms in total. The van der Waals surface area contributed by atoms with Crippen LogP contribution in [0.1, 0.15) is 41.5 Å². The maximum absolute atomic E-state index is 12.3. The number of nitrogens with one attached hydrogen (secondary N) is 1. The number of carbonyl (C=O) groups excluding carboxylic acids is 5. The highest BCUT2D eigenvalue weighted by Crippen LogP contribution is 2.28. The Labute approximate surface area is 168 Å². The van der Waals surface area contributed by atoms with Crippen LogP contribution >= 0.6 is 0 Å². The molecule has 0 aromatic rings. The molecule has 29 heavy (non-hydrogen) atoms. The summed E-state index contributed by atoms with van der Waals surface area (Å²) in [7, 11) is 0. The van der Waals surface area contributed by atoms with E-state index in [0.29, 0.717) is 0 Å². The zero-order chi connectivity index (χ0) is 22.3. The van der Waals surface area contributed by atoms with Crippen LogP contribution in [0, 0.1) is 5.92 Å². The third kappa shape index (κ3) is 7.68. The number of esters is 4. The summed E-state index contributed by atoms with van der Waals surface area (Å²) in [5.74, 6) is -3.69. The van der Waals surface area contributed by atoms with E-state index in [-0.39, 0.29) is 6.61 Å². The minimum absolute atomic E-state index is 0.367. The fraction of sp³-hybridized carbons (Fsp3) is 0.722. The molecule has 1 fully saturated rings. The molecule has 1 saturated heterocycles. The van der Waals surface area contributed by atoms with Gasteiger partial charge in [0.25, 0.3) is 0 Å². The molecular formula is C18H27NO10. The van der Waals surface area contributed by atoms with Gasteiger partial charge in [0.05, 0.1) is 0 Å². The Morgan fingerprint density at radius 1 is 0.828 bits per heavy atom. The first-order chi connectivity index (χ1) is 13.4. The molecule has 0 aliphatic carbocycles. The van der Waals surface area contributed by atoms with Crippen molar-refractivity contribution in [3.63, 3.8) is 0 Å². The molecule has 1 amide bonds. The molecule has 11 heteroatoms. The van der Waals surface area contributed by atoms with Crippen LogP contribution in [0.3, 0.4) is 0 Å². The molecule has 164 valence electrons. The van der Waals surface area contributed by atoms with Crippen LogP contribution in [-0.4, -0.2) is 67.0 Å². The molecule has 0 unspecified atom stereocenters. The van der Waals surface area contributed by atoms with Crippen LogP contribution in [0.5, 0.6) is 0 Å². The van der Waals surface area contributed by atoms with Gasteiger partial charge in [-0.3, -0.25) is 24.0 Å². The summed E-state index contributed by atoms with van der Waals surface area (Å²) in [5.41, 5.74) is 0. The van der Waals surface area contributed by atoms with Gasteiger partial charge in [-0.05, 0) is 0 Å². The van der Waals surface area contributed by atoms with Crippen molar-refractivity contribution < 1.29 is 47.7 Å². The second-order valence-electron chi connectivity index (χ2n) is 6.79. The molecular weight excluding hydrogens is 390 g/mol. The number of rotatable bonds is 7. The Balaban J connectivity index is 3.34. The van der Waals surface area contributed by atoms with Crippen molar-refractivity contribution in [3.8, 4) is 0 Å². The first kappa shape index (κ1) is 24.3. The van der Waals surface area contributed by atoms with Gasteiger partial charge in [0.1, 0.15) is 18.8 Å². The van der Waals surface area contributed by atoms with E-state index in [1.807, 2.05) is 0 Å². The first-order valence-electron chi connectivity index (χ1n) is 9.03. The van der Waals surface area contributed by atoms with Crippen molar-refractivity contribution in [1.29, 1.82) is 0 Å². The van der Waals surface area contributed by atoms with Gasteiger partial charge in [-0.1, -0.05) is 13.8 Å². The third-order valence-electron chi connectivity index (χ3n) is 3.82. The molecule has 1 aliphatic rings. The Bertz CT molecular complexity index is 647. The number of ether oxygens (including phenoxy) is 5. The highest BCUT2D eigenvalue weighted by Gasteiger charge is 2.52. The van der Waals surface area contributed by atoms with Crippen molar-refractivity contribution in [2.24, 2.45) is 5.92 Å². The number of hydrogen-bond acceptors (Lipinski definition) is 10. The van der Waals surface area contributed by atoms with Gasteiger partial charge in [-0.2, -0.15) is 0 Å². The fourth-order valence-electron chi connectivity index (χ4n) is 2.65. The van der Waals surface area contributed by atoms with Gasteiger partial charge >= 0.3 is 23.9 Å². The van der Waals surface area contributed by atoms with Gasteiger partial charge in [0, 0.05) is 33.6 Å². The Morgan fingerprint density at radius 3 is 1.79 bits per heavy atom. The van der Waals surface area contributed by atoms with Gasteiger partial charge in [-0.25, -0.2) is 0 Å². The van der Waals surface area contributed by atoms with E-state index in [4.69, 9.17) is 23.7 Å². The third-order valence-corrected chi connectivity index (χ3v) is 3.82. The molecule has 1 heterocycles. The zero-order valence-electron chi connectivity index (χ0n) is 17.3. The predicted molar refractivity (Wildman–Crippen MR) is 94.9 cm³/mol. The van der Waals surface area contributed by atoms with Crippen molar-refractivity contribution in [1.82, 2.24) is 5.32 Å². The molecule has 0 saturated carbocycles. The van der Waals surface area contributed by atoms with Gasteiger partial charge in [0.2, 0.25) is 12.2 Å². The van der Waals surface area contributed by atoms with E-state index in [1.54, 1.807) is 13.8 Å². The summed E-state index contributed by atoms with van der Waals surface area (Å²) in [6.07, 6.45) is -5.01. The highest BCUT2D eigenvalue weighted by molar-refractivity contribution is 5.78. The lowest BCUT2D eigenvalue weighted by Gasteiger charge is -2.44. The molecule has 0 aromatic carbocycles. The Morgan fingerprint density at radius 2 is 1.34 bits per heavy atom. The fourth-order valence-corrected chi connectivity index (χ4v) is 2.65. The molecule has 1 aliphatic heterocycles. The SMILES string of the molecule is CC(=O)OC[C@@H]1O[C@H](OC(C)=O)[C@@H](NC(=O)C(C)C)[C@@H](OC(C)=O)[C@@H]1OC(C)=O. The van der Waals surface area contributed by atoms with E-state index in [9.17, 15) is 24.0 Å². The lowest BCUT2D eigenvalue weighted by Crippen LogP contribution is -2.67. The van der Waals surface area contributed by atoms with Crippen LogP contribution in [-0.2, 0) is 47.7 Å². The van der Waals surface area contributed by atoms with E-state index in [2.05, 4.69) is 5.32 Å². The zero-order valence-corrected chi connectivity index (χ0v) is 17.3. The summed E-state index contributed by atoms with van der Waals surface area (Å²) in [4.78, 5) is 58.3. The molecule has 1 N–H and O–H groups in total. The smallest absolute Gasteiger partial charge is 0.305 e. The van der Waals surface area contributed by atoms with Crippen molar-refractivity contribution >= 4 is 29.8 Å². The van der Waals surface area contributed by atoms with Crippen LogP contribution in [0.25, 0.3) is 0 Å². The maximum atomic E-state index is 12.3. The summed E-state index contributed by atoms with van der Waals surface area (Å²) >= 11 is 0. The second-order valence-corrected chi connectivity index (χ2v) is 6.79.